The summed E-state index contributed by atoms with van der Waals surface area (Å²) < 4.78 is 86.5. The highest BCUT2D eigenvalue weighted by Gasteiger charge is 2.35. The zero-order valence-corrected chi connectivity index (χ0v) is 22.4. The summed E-state index contributed by atoms with van der Waals surface area (Å²) in [5.74, 6) is -6.55. The molecule has 3 aromatic carbocycles. The largest absolute Gasteiger partial charge is 0.469 e. The smallest absolute Gasteiger partial charge is 0.348 e. The first kappa shape index (κ1) is 30.1. The number of hydrogen-bond donors (Lipinski definition) is 3. The SMILES string of the molecule is C[C@H]1c2ccc(C(=O)NCc3c(F)cc(F)cc3F)cc2N(Cc2c(F)ccc(COP(=O)(O)O)c2F)C(=O)N1C. The van der Waals surface area contributed by atoms with Gasteiger partial charge in [0.15, 0.2) is 0 Å². The average Bonchev–Trinajstić information content (AvgIpc) is 2.89. The third-order valence-electron chi connectivity index (χ3n) is 6.65. The van der Waals surface area contributed by atoms with Gasteiger partial charge < -0.3 is 20.0 Å². The fraction of sp³-hybridized carbons (Fsp3) is 0.231. The van der Waals surface area contributed by atoms with E-state index in [1.54, 1.807) is 6.92 Å². The van der Waals surface area contributed by atoms with Gasteiger partial charge in [-0.25, -0.2) is 31.3 Å². The van der Waals surface area contributed by atoms with Gasteiger partial charge in [-0.3, -0.25) is 14.2 Å². The van der Waals surface area contributed by atoms with E-state index in [-0.39, 0.29) is 16.8 Å². The summed E-state index contributed by atoms with van der Waals surface area (Å²) in [7, 11) is -3.49. The van der Waals surface area contributed by atoms with Crippen LogP contribution in [0.3, 0.4) is 0 Å². The molecule has 0 bridgehead atoms. The van der Waals surface area contributed by atoms with Crippen molar-refractivity contribution in [1.82, 2.24) is 10.2 Å². The van der Waals surface area contributed by atoms with Gasteiger partial charge in [-0.05, 0) is 30.7 Å². The van der Waals surface area contributed by atoms with Gasteiger partial charge in [0.05, 0.1) is 24.9 Å². The van der Waals surface area contributed by atoms with Crippen molar-refractivity contribution in [3.05, 3.63) is 99.4 Å². The van der Waals surface area contributed by atoms with E-state index in [9.17, 15) is 31.7 Å². The Bertz CT molecular complexity index is 1560. The molecule has 0 spiro atoms. The third-order valence-corrected chi connectivity index (χ3v) is 7.11. The molecular formula is C26H23F5N3O6P. The zero-order valence-electron chi connectivity index (χ0n) is 21.5. The molecule has 1 atom stereocenters. The van der Waals surface area contributed by atoms with E-state index < -0.39 is 85.7 Å². The number of amides is 3. The van der Waals surface area contributed by atoms with Crippen LogP contribution in [0.1, 0.15) is 45.6 Å². The second-order valence-electron chi connectivity index (χ2n) is 9.22. The molecule has 0 aromatic heterocycles. The molecule has 0 aliphatic carbocycles. The molecule has 0 radical (unpaired) electrons. The molecule has 1 aliphatic heterocycles. The number of carbonyl (C=O) groups excluding carboxylic acids is 2. The van der Waals surface area contributed by atoms with Crippen LogP contribution in [-0.4, -0.2) is 33.7 Å². The minimum Gasteiger partial charge on any atom is -0.348 e. The molecule has 9 nitrogen and oxygen atoms in total. The monoisotopic (exact) mass is 599 g/mol. The minimum absolute atomic E-state index is 0.0500. The van der Waals surface area contributed by atoms with E-state index in [1.165, 1.54) is 30.1 Å². The van der Waals surface area contributed by atoms with E-state index in [1.807, 2.05) is 0 Å². The summed E-state index contributed by atoms with van der Waals surface area (Å²) in [4.78, 5) is 46.2. The normalized spacial score (nSPS) is 15.2. The lowest BCUT2D eigenvalue weighted by Gasteiger charge is -2.39. The summed E-state index contributed by atoms with van der Waals surface area (Å²) in [5.41, 5.74) is -0.950. The number of halogens is 5. The van der Waals surface area contributed by atoms with Gasteiger partial charge in [0, 0.05) is 48.0 Å². The number of rotatable bonds is 8. The highest BCUT2D eigenvalue weighted by atomic mass is 31.2. The van der Waals surface area contributed by atoms with E-state index >= 15 is 4.39 Å². The summed E-state index contributed by atoms with van der Waals surface area (Å²) >= 11 is 0. The lowest BCUT2D eigenvalue weighted by atomic mass is 9.98. The molecule has 3 N–H and O–H groups in total. The van der Waals surface area contributed by atoms with Crippen LogP contribution >= 0.6 is 7.82 Å². The number of carbonyl (C=O) groups is 2. The molecule has 1 aliphatic rings. The molecular weight excluding hydrogens is 576 g/mol. The van der Waals surface area contributed by atoms with Crippen LogP contribution in [0.2, 0.25) is 0 Å². The number of hydrogen-bond acceptors (Lipinski definition) is 4. The Kier molecular flexibility index (Phi) is 8.50. The maximum absolute atomic E-state index is 15.2. The lowest BCUT2D eigenvalue weighted by molar-refractivity contribution is 0.0950. The van der Waals surface area contributed by atoms with Crippen LogP contribution in [-0.2, 0) is 28.8 Å². The first-order valence-electron chi connectivity index (χ1n) is 11.9. The number of nitrogens with zero attached hydrogens (tertiary/aromatic N) is 2. The van der Waals surface area contributed by atoms with Gasteiger partial charge in [-0.15, -0.1) is 0 Å². The van der Waals surface area contributed by atoms with E-state index in [0.717, 1.165) is 17.0 Å². The first-order chi connectivity index (χ1) is 19.2. The van der Waals surface area contributed by atoms with Gasteiger partial charge in [0.2, 0.25) is 0 Å². The number of phosphoric ester groups is 1. The van der Waals surface area contributed by atoms with E-state index in [0.29, 0.717) is 17.7 Å². The third kappa shape index (κ3) is 6.41. The molecule has 3 aromatic rings. The Morgan fingerprint density at radius 3 is 2.29 bits per heavy atom. The Morgan fingerprint density at radius 1 is 1.00 bits per heavy atom. The molecule has 0 fully saturated rings. The molecule has 41 heavy (non-hydrogen) atoms. The second-order valence-corrected chi connectivity index (χ2v) is 10.5. The number of nitrogens with one attached hydrogen (secondary N) is 1. The van der Waals surface area contributed by atoms with Crippen LogP contribution in [0.4, 0.5) is 32.4 Å². The molecule has 0 saturated heterocycles. The Labute approximate surface area is 230 Å². The molecule has 0 unspecified atom stereocenters. The topological polar surface area (TPSA) is 119 Å². The molecule has 4 rings (SSSR count). The van der Waals surface area contributed by atoms with Gasteiger partial charge in [-0.1, -0.05) is 12.1 Å². The van der Waals surface area contributed by atoms with Crippen molar-refractivity contribution in [2.24, 2.45) is 0 Å². The van der Waals surface area contributed by atoms with Crippen molar-refractivity contribution in [3.8, 4) is 0 Å². The number of benzene rings is 3. The van der Waals surface area contributed by atoms with Crippen LogP contribution in [0.15, 0.2) is 42.5 Å². The number of phosphoric acid groups is 1. The predicted molar refractivity (Wildman–Crippen MR) is 135 cm³/mol. The molecule has 15 heteroatoms. The van der Waals surface area contributed by atoms with Gasteiger partial charge in [-0.2, -0.15) is 0 Å². The van der Waals surface area contributed by atoms with Gasteiger partial charge >= 0.3 is 13.9 Å². The van der Waals surface area contributed by atoms with Crippen molar-refractivity contribution in [1.29, 1.82) is 0 Å². The van der Waals surface area contributed by atoms with Gasteiger partial charge in [0.1, 0.15) is 29.1 Å². The summed E-state index contributed by atoms with van der Waals surface area (Å²) in [6, 6.07) is 5.74. The standard InChI is InChI=1S/C26H23F5N3O6P/c1-13-17-5-3-14(25(35)32-10-18-21(29)8-16(27)9-22(18)30)7-23(17)34(26(36)33(13)2)11-19-20(28)6-4-15(24(19)31)12-40-41(37,38)39/h3-9,13H,10-12H2,1-2H3,(H,32,35)(H2,37,38,39)/t13-/m0/s1. The van der Waals surface area contributed by atoms with Crippen LogP contribution in [0.25, 0.3) is 0 Å². The maximum Gasteiger partial charge on any atom is 0.469 e. The van der Waals surface area contributed by atoms with Crippen molar-refractivity contribution in [2.45, 2.75) is 32.7 Å². The first-order valence-corrected chi connectivity index (χ1v) is 13.5. The molecule has 3 amide bonds. The number of fused-ring (bicyclic) bond motifs is 1. The number of urea groups is 1. The van der Waals surface area contributed by atoms with Crippen LogP contribution in [0.5, 0.6) is 0 Å². The Balaban J connectivity index is 1.66. The quantitative estimate of drug-likeness (QED) is 0.246. The van der Waals surface area contributed by atoms with Crippen molar-refractivity contribution >= 4 is 25.4 Å². The highest BCUT2D eigenvalue weighted by molar-refractivity contribution is 7.46. The van der Waals surface area contributed by atoms with Crippen LogP contribution < -0.4 is 10.2 Å². The zero-order chi connectivity index (χ0) is 30.2. The molecule has 1 heterocycles. The average molecular weight is 599 g/mol. The highest BCUT2D eigenvalue weighted by Crippen LogP contribution is 2.39. The van der Waals surface area contributed by atoms with E-state index in [4.69, 9.17) is 9.79 Å². The Morgan fingerprint density at radius 2 is 1.66 bits per heavy atom. The summed E-state index contributed by atoms with van der Waals surface area (Å²) in [6.45, 7) is -0.462. The van der Waals surface area contributed by atoms with Gasteiger partial charge in [0.25, 0.3) is 5.91 Å². The lowest BCUT2D eigenvalue weighted by Crippen LogP contribution is -2.47. The fourth-order valence-electron chi connectivity index (χ4n) is 4.32. The second kappa shape index (κ2) is 11.6. The maximum atomic E-state index is 15.2. The summed E-state index contributed by atoms with van der Waals surface area (Å²) in [5, 5.41) is 2.32. The van der Waals surface area contributed by atoms with Crippen molar-refractivity contribution in [3.63, 3.8) is 0 Å². The van der Waals surface area contributed by atoms with Crippen molar-refractivity contribution in [2.75, 3.05) is 11.9 Å². The predicted octanol–water partition coefficient (Wildman–Crippen LogP) is 5.05. The molecule has 0 saturated carbocycles. The fourth-order valence-corrected chi connectivity index (χ4v) is 4.63. The van der Waals surface area contributed by atoms with Crippen LogP contribution in [0, 0.1) is 29.1 Å². The Hall–Kier alpha value is -3.84. The minimum atomic E-state index is -4.96. The number of anilines is 1. The molecule has 218 valence electrons. The van der Waals surface area contributed by atoms with Crippen molar-refractivity contribution < 1.29 is 50.4 Å². The summed E-state index contributed by atoms with van der Waals surface area (Å²) in [6.07, 6.45) is 0. The van der Waals surface area contributed by atoms with E-state index in [2.05, 4.69) is 9.84 Å².